The number of carbonyl (C=O) groups excluding carboxylic acids is 1. The standard InChI is InChI=1S/C13H10FNO2/c1-17-11-7-4-5-9(12(11)14)13(16)10-6-2-3-8-15-10/h2-8H,1H3. The molecule has 86 valence electrons. The van der Waals surface area contributed by atoms with Gasteiger partial charge in [0.1, 0.15) is 5.69 Å². The number of nitrogens with zero attached hydrogens (tertiary/aromatic N) is 1. The van der Waals surface area contributed by atoms with E-state index in [0.717, 1.165) is 0 Å². The van der Waals surface area contributed by atoms with E-state index in [4.69, 9.17) is 4.74 Å². The Morgan fingerprint density at radius 2 is 2.06 bits per heavy atom. The third-order valence-corrected chi connectivity index (χ3v) is 2.33. The maximum absolute atomic E-state index is 13.8. The summed E-state index contributed by atoms with van der Waals surface area (Å²) in [5.74, 6) is -1.07. The van der Waals surface area contributed by atoms with E-state index in [0.29, 0.717) is 0 Å². The van der Waals surface area contributed by atoms with Gasteiger partial charge in [0.15, 0.2) is 11.6 Å². The average molecular weight is 231 g/mol. The molecule has 0 fully saturated rings. The third-order valence-electron chi connectivity index (χ3n) is 2.33. The first-order chi connectivity index (χ1) is 8.24. The van der Waals surface area contributed by atoms with Crippen molar-refractivity contribution in [2.75, 3.05) is 7.11 Å². The maximum atomic E-state index is 13.8. The van der Waals surface area contributed by atoms with Crippen molar-refractivity contribution in [3.63, 3.8) is 0 Å². The molecular formula is C13H10FNO2. The number of halogens is 1. The first kappa shape index (κ1) is 11.3. The summed E-state index contributed by atoms with van der Waals surface area (Å²) in [5.41, 5.74) is 0.169. The topological polar surface area (TPSA) is 39.2 Å². The Labute approximate surface area is 97.9 Å². The van der Waals surface area contributed by atoms with Crippen LogP contribution in [0.4, 0.5) is 4.39 Å². The minimum absolute atomic E-state index is 0.0388. The zero-order valence-corrected chi connectivity index (χ0v) is 9.18. The first-order valence-corrected chi connectivity index (χ1v) is 5.02. The van der Waals surface area contributed by atoms with Crippen LogP contribution in [0.3, 0.4) is 0 Å². The molecule has 1 aromatic carbocycles. The summed E-state index contributed by atoms with van der Waals surface area (Å²) in [4.78, 5) is 15.9. The lowest BCUT2D eigenvalue weighted by Crippen LogP contribution is -2.07. The Morgan fingerprint density at radius 3 is 2.71 bits per heavy atom. The lowest BCUT2D eigenvalue weighted by atomic mass is 10.1. The van der Waals surface area contributed by atoms with Crippen LogP contribution in [-0.4, -0.2) is 17.9 Å². The molecule has 0 aliphatic heterocycles. The van der Waals surface area contributed by atoms with Gasteiger partial charge in [0, 0.05) is 6.20 Å². The highest BCUT2D eigenvalue weighted by molar-refractivity contribution is 6.08. The number of benzene rings is 1. The Kier molecular flexibility index (Phi) is 3.14. The molecule has 0 atom stereocenters. The van der Waals surface area contributed by atoms with Crippen molar-refractivity contribution in [1.29, 1.82) is 0 Å². The number of carbonyl (C=O) groups is 1. The summed E-state index contributed by atoms with van der Waals surface area (Å²) in [7, 11) is 1.35. The van der Waals surface area contributed by atoms with Crippen molar-refractivity contribution in [3.8, 4) is 5.75 Å². The largest absolute Gasteiger partial charge is 0.494 e. The lowest BCUT2D eigenvalue weighted by molar-refractivity contribution is 0.103. The van der Waals surface area contributed by atoms with Crippen molar-refractivity contribution >= 4 is 5.78 Å². The molecule has 0 radical (unpaired) electrons. The summed E-state index contributed by atoms with van der Waals surface area (Å²) in [6.07, 6.45) is 1.49. The molecule has 1 heterocycles. The normalized spacial score (nSPS) is 10.0. The molecule has 0 amide bonds. The number of hydrogen-bond donors (Lipinski definition) is 0. The molecule has 3 nitrogen and oxygen atoms in total. The van der Waals surface area contributed by atoms with Crippen LogP contribution in [0.1, 0.15) is 16.1 Å². The van der Waals surface area contributed by atoms with Gasteiger partial charge in [-0.05, 0) is 24.3 Å². The first-order valence-electron chi connectivity index (χ1n) is 5.02. The van der Waals surface area contributed by atoms with Crippen molar-refractivity contribution in [1.82, 2.24) is 4.98 Å². The van der Waals surface area contributed by atoms with Crippen LogP contribution >= 0.6 is 0 Å². The Hall–Kier alpha value is -2.23. The number of aromatic nitrogens is 1. The van der Waals surface area contributed by atoms with Crippen LogP contribution < -0.4 is 4.74 Å². The fourth-order valence-corrected chi connectivity index (χ4v) is 1.48. The monoisotopic (exact) mass is 231 g/mol. The van der Waals surface area contributed by atoms with Crippen molar-refractivity contribution in [3.05, 3.63) is 59.7 Å². The summed E-state index contributed by atoms with van der Waals surface area (Å²) >= 11 is 0. The maximum Gasteiger partial charge on any atom is 0.214 e. The highest BCUT2D eigenvalue weighted by Crippen LogP contribution is 2.21. The van der Waals surface area contributed by atoms with Gasteiger partial charge < -0.3 is 4.74 Å². The minimum Gasteiger partial charge on any atom is -0.494 e. The SMILES string of the molecule is COc1cccc(C(=O)c2ccccn2)c1F. The van der Waals surface area contributed by atoms with Gasteiger partial charge in [-0.1, -0.05) is 12.1 Å². The fourth-order valence-electron chi connectivity index (χ4n) is 1.48. The van der Waals surface area contributed by atoms with E-state index in [1.54, 1.807) is 24.3 Å². The molecule has 2 rings (SSSR count). The molecule has 1 aromatic heterocycles. The van der Waals surface area contributed by atoms with Gasteiger partial charge in [0.05, 0.1) is 12.7 Å². The molecule has 0 aliphatic rings. The van der Waals surface area contributed by atoms with E-state index in [9.17, 15) is 9.18 Å². The zero-order valence-electron chi connectivity index (χ0n) is 9.18. The predicted octanol–water partition coefficient (Wildman–Crippen LogP) is 2.46. The highest BCUT2D eigenvalue weighted by Gasteiger charge is 2.17. The third kappa shape index (κ3) is 2.15. The van der Waals surface area contributed by atoms with E-state index in [1.807, 2.05) is 0 Å². The summed E-state index contributed by atoms with van der Waals surface area (Å²) in [5, 5.41) is 0. The van der Waals surface area contributed by atoms with Crippen molar-refractivity contribution in [2.24, 2.45) is 0 Å². The van der Waals surface area contributed by atoms with Crippen LogP contribution in [-0.2, 0) is 0 Å². The molecule has 0 spiro atoms. The van der Waals surface area contributed by atoms with Crippen LogP contribution in [0, 0.1) is 5.82 Å². The van der Waals surface area contributed by atoms with Crippen LogP contribution in [0.15, 0.2) is 42.6 Å². The molecule has 0 N–H and O–H groups in total. The van der Waals surface area contributed by atoms with Gasteiger partial charge in [0.25, 0.3) is 0 Å². The average Bonchev–Trinajstić information content (AvgIpc) is 2.39. The van der Waals surface area contributed by atoms with Gasteiger partial charge in [-0.3, -0.25) is 9.78 Å². The number of rotatable bonds is 3. The predicted molar refractivity (Wildman–Crippen MR) is 60.6 cm³/mol. The van der Waals surface area contributed by atoms with E-state index in [1.165, 1.54) is 25.4 Å². The Morgan fingerprint density at radius 1 is 1.24 bits per heavy atom. The second-order valence-electron chi connectivity index (χ2n) is 3.37. The van der Waals surface area contributed by atoms with Crippen LogP contribution in [0.5, 0.6) is 5.75 Å². The number of ether oxygens (including phenoxy) is 1. The van der Waals surface area contributed by atoms with Crippen molar-refractivity contribution in [2.45, 2.75) is 0 Å². The van der Waals surface area contributed by atoms with Crippen LogP contribution in [0.25, 0.3) is 0 Å². The number of methoxy groups -OCH3 is 1. The smallest absolute Gasteiger partial charge is 0.214 e. The van der Waals surface area contributed by atoms with E-state index in [-0.39, 0.29) is 17.0 Å². The van der Waals surface area contributed by atoms with E-state index < -0.39 is 11.6 Å². The number of pyridine rings is 1. The quantitative estimate of drug-likeness (QED) is 0.762. The second kappa shape index (κ2) is 4.74. The Balaban J connectivity index is 2.45. The summed E-state index contributed by atoms with van der Waals surface area (Å²) in [6.45, 7) is 0. The molecule has 0 unspecified atom stereocenters. The van der Waals surface area contributed by atoms with Crippen LogP contribution in [0.2, 0.25) is 0 Å². The fraction of sp³-hybridized carbons (Fsp3) is 0.0769. The molecular weight excluding hydrogens is 221 g/mol. The number of hydrogen-bond acceptors (Lipinski definition) is 3. The molecule has 4 heteroatoms. The molecule has 0 saturated carbocycles. The molecule has 2 aromatic rings. The van der Waals surface area contributed by atoms with Crippen molar-refractivity contribution < 1.29 is 13.9 Å². The summed E-state index contributed by atoms with van der Waals surface area (Å²) < 4.78 is 18.7. The van der Waals surface area contributed by atoms with Gasteiger partial charge in [-0.25, -0.2) is 4.39 Å². The molecule has 17 heavy (non-hydrogen) atoms. The molecule has 0 bridgehead atoms. The molecule has 0 aliphatic carbocycles. The minimum atomic E-state index is -0.661. The zero-order chi connectivity index (χ0) is 12.3. The number of ketones is 1. The van der Waals surface area contributed by atoms with E-state index >= 15 is 0 Å². The lowest BCUT2D eigenvalue weighted by Gasteiger charge is -2.05. The van der Waals surface area contributed by atoms with Gasteiger partial charge in [-0.15, -0.1) is 0 Å². The Bertz CT molecular complexity index is 540. The van der Waals surface area contributed by atoms with Gasteiger partial charge in [-0.2, -0.15) is 0 Å². The second-order valence-corrected chi connectivity index (χ2v) is 3.37. The van der Waals surface area contributed by atoms with E-state index in [2.05, 4.69) is 4.98 Å². The highest BCUT2D eigenvalue weighted by atomic mass is 19.1. The van der Waals surface area contributed by atoms with Gasteiger partial charge >= 0.3 is 0 Å². The van der Waals surface area contributed by atoms with Gasteiger partial charge in [0.2, 0.25) is 5.78 Å². The summed E-state index contributed by atoms with van der Waals surface area (Å²) in [6, 6.07) is 9.36. The molecule has 0 saturated heterocycles.